The fourth-order valence-corrected chi connectivity index (χ4v) is 2.36. The number of hydrogen-bond donors (Lipinski definition) is 1. The smallest absolute Gasteiger partial charge is 0.161 e. The van der Waals surface area contributed by atoms with Gasteiger partial charge in [0.2, 0.25) is 0 Å². The lowest BCUT2D eigenvalue weighted by molar-refractivity contribution is 0.171. The second-order valence-corrected chi connectivity index (χ2v) is 4.84. The summed E-state index contributed by atoms with van der Waals surface area (Å²) in [5.74, 6) is 2.39. The van der Waals surface area contributed by atoms with Crippen molar-refractivity contribution in [3.63, 3.8) is 0 Å². The third kappa shape index (κ3) is 2.76. The maximum Gasteiger partial charge on any atom is 0.161 e. The van der Waals surface area contributed by atoms with E-state index in [1.54, 1.807) is 0 Å². The maximum atomic E-state index is 5.57. The van der Waals surface area contributed by atoms with Gasteiger partial charge < -0.3 is 19.5 Å². The molecule has 2 aliphatic rings. The Morgan fingerprint density at radius 1 is 1.11 bits per heavy atom. The first-order chi connectivity index (χ1) is 8.92. The lowest BCUT2D eigenvalue weighted by Crippen LogP contribution is -2.22. The zero-order valence-electron chi connectivity index (χ0n) is 10.5. The van der Waals surface area contributed by atoms with E-state index in [4.69, 9.17) is 14.2 Å². The van der Waals surface area contributed by atoms with Gasteiger partial charge in [0.15, 0.2) is 11.5 Å². The number of nitrogens with one attached hydrogen (secondary N) is 1. The molecule has 1 unspecified atom stereocenters. The molecule has 3 rings (SSSR count). The van der Waals surface area contributed by atoms with E-state index in [0.29, 0.717) is 19.1 Å². The molecule has 1 aromatic carbocycles. The van der Waals surface area contributed by atoms with Gasteiger partial charge in [-0.2, -0.15) is 0 Å². The summed E-state index contributed by atoms with van der Waals surface area (Å²) >= 11 is 0. The van der Waals surface area contributed by atoms with E-state index in [0.717, 1.165) is 37.8 Å². The van der Waals surface area contributed by atoms with Crippen LogP contribution in [0.2, 0.25) is 0 Å². The number of fused-ring (bicyclic) bond motifs is 1. The average molecular weight is 249 g/mol. The lowest BCUT2D eigenvalue weighted by Gasteiger charge is -2.19. The van der Waals surface area contributed by atoms with E-state index < -0.39 is 0 Å². The van der Waals surface area contributed by atoms with Gasteiger partial charge in [0.1, 0.15) is 13.2 Å². The van der Waals surface area contributed by atoms with Gasteiger partial charge in [0, 0.05) is 19.7 Å². The lowest BCUT2D eigenvalue weighted by atomic mass is 10.1. The van der Waals surface area contributed by atoms with E-state index in [1.165, 1.54) is 12.0 Å². The molecule has 0 aliphatic carbocycles. The highest BCUT2D eigenvalue weighted by atomic mass is 16.6. The Labute approximate surface area is 107 Å². The molecule has 1 atom stereocenters. The van der Waals surface area contributed by atoms with Gasteiger partial charge in [-0.05, 0) is 30.0 Å². The number of hydrogen-bond acceptors (Lipinski definition) is 4. The van der Waals surface area contributed by atoms with Gasteiger partial charge in [-0.3, -0.25) is 0 Å². The molecule has 0 amide bonds. The highest BCUT2D eigenvalue weighted by molar-refractivity contribution is 5.43. The van der Waals surface area contributed by atoms with Crippen LogP contribution in [0, 0.1) is 5.92 Å². The number of ether oxygens (including phenoxy) is 3. The zero-order valence-corrected chi connectivity index (χ0v) is 10.5. The van der Waals surface area contributed by atoms with Crippen molar-refractivity contribution in [3.05, 3.63) is 23.8 Å². The molecule has 0 saturated carbocycles. The summed E-state index contributed by atoms with van der Waals surface area (Å²) in [5.41, 5.74) is 1.23. The largest absolute Gasteiger partial charge is 0.486 e. The van der Waals surface area contributed by atoms with Crippen LogP contribution in [0.4, 0.5) is 0 Å². The van der Waals surface area contributed by atoms with E-state index >= 15 is 0 Å². The van der Waals surface area contributed by atoms with Crippen LogP contribution in [0.5, 0.6) is 11.5 Å². The Hall–Kier alpha value is -1.26. The van der Waals surface area contributed by atoms with Crippen LogP contribution >= 0.6 is 0 Å². The minimum atomic E-state index is 0.642. The minimum absolute atomic E-state index is 0.642. The third-order valence-electron chi connectivity index (χ3n) is 3.39. The first kappa shape index (κ1) is 11.8. The molecule has 2 heterocycles. The number of benzene rings is 1. The van der Waals surface area contributed by atoms with Crippen molar-refractivity contribution in [2.45, 2.75) is 13.0 Å². The van der Waals surface area contributed by atoms with Gasteiger partial charge in [-0.15, -0.1) is 0 Å². The quantitative estimate of drug-likeness (QED) is 0.879. The van der Waals surface area contributed by atoms with Gasteiger partial charge in [0.25, 0.3) is 0 Å². The molecule has 0 spiro atoms. The molecule has 2 aliphatic heterocycles. The van der Waals surface area contributed by atoms with E-state index in [1.807, 2.05) is 6.07 Å². The molecule has 4 nitrogen and oxygen atoms in total. The fourth-order valence-electron chi connectivity index (χ4n) is 2.36. The van der Waals surface area contributed by atoms with Crippen LogP contribution in [0.15, 0.2) is 18.2 Å². The standard InChI is InChI=1S/C14H19NO3/c1-2-13-14(18-6-5-17-13)7-11(1)8-15-9-12-3-4-16-10-12/h1-2,7,12,15H,3-6,8-10H2. The van der Waals surface area contributed by atoms with Crippen molar-refractivity contribution in [2.24, 2.45) is 5.92 Å². The van der Waals surface area contributed by atoms with Gasteiger partial charge >= 0.3 is 0 Å². The molecule has 4 heteroatoms. The average Bonchev–Trinajstić information content (AvgIpc) is 2.92. The fraction of sp³-hybridized carbons (Fsp3) is 0.571. The third-order valence-corrected chi connectivity index (χ3v) is 3.39. The molecular formula is C14H19NO3. The second kappa shape index (κ2) is 5.59. The SMILES string of the molecule is c1cc2c(cc1CNCC1CCOC1)OCCO2. The van der Waals surface area contributed by atoms with Crippen LogP contribution in [0.3, 0.4) is 0 Å². The number of rotatable bonds is 4. The van der Waals surface area contributed by atoms with Crippen molar-refractivity contribution in [1.82, 2.24) is 5.32 Å². The van der Waals surface area contributed by atoms with E-state index in [9.17, 15) is 0 Å². The van der Waals surface area contributed by atoms with Crippen LogP contribution in [0.25, 0.3) is 0 Å². The van der Waals surface area contributed by atoms with Gasteiger partial charge in [-0.1, -0.05) is 6.07 Å². The first-order valence-corrected chi connectivity index (χ1v) is 6.59. The highest BCUT2D eigenvalue weighted by Crippen LogP contribution is 2.30. The zero-order chi connectivity index (χ0) is 12.2. The minimum Gasteiger partial charge on any atom is -0.486 e. The second-order valence-electron chi connectivity index (χ2n) is 4.84. The van der Waals surface area contributed by atoms with Crippen LogP contribution in [-0.2, 0) is 11.3 Å². The Balaban J connectivity index is 1.52. The van der Waals surface area contributed by atoms with Crippen molar-refractivity contribution < 1.29 is 14.2 Å². The molecular weight excluding hydrogens is 230 g/mol. The van der Waals surface area contributed by atoms with Crippen molar-refractivity contribution in [1.29, 1.82) is 0 Å². The van der Waals surface area contributed by atoms with Crippen LogP contribution < -0.4 is 14.8 Å². The summed E-state index contributed by atoms with van der Waals surface area (Å²) in [4.78, 5) is 0. The predicted molar refractivity (Wildman–Crippen MR) is 68.1 cm³/mol. The topological polar surface area (TPSA) is 39.7 Å². The summed E-state index contributed by atoms with van der Waals surface area (Å²) in [7, 11) is 0. The van der Waals surface area contributed by atoms with Crippen LogP contribution in [-0.4, -0.2) is 33.0 Å². The molecule has 0 aromatic heterocycles. The Morgan fingerprint density at radius 2 is 2.00 bits per heavy atom. The summed E-state index contributed by atoms with van der Waals surface area (Å²) in [5, 5.41) is 3.47. The predicted octanol–water partition coefficient (Wildman–Crippen LogP) is 1.58. The summed E-state index contributed by atoms with van der Waals surface area (Å²) < 4.78 is 16.4. The maximum absolute atomic E-state index is 5.57. The molecule has 0 radical (unpaired) electrons. The molecule has 98 valence electrons. The molecule has 0 bridgehead atoms. The summed E-state index contributed by atoms with van der Waals surface area (Å²) in [6, 6.07) is 6.14. The molecule has 1 aromatic rings. The normalized spacial score (nSPS) is 22.1. The van der Waals surface area contributed by atoms with Crippen molar-refractivity contribution >= 4 is 0 Å². The molecule has 18 heavy (non-hydrogen) atoms. The molecule has 1 fully saturated rings. The Morgan fingerprint density at radius 3 is 2.83 bits per heavy atom. The van der Waals surface area contributed by atoms with Crippen molar-refractivity contribution in [3.8, 4) is 11.5 Å². The summed E-state index contributed by atoms with van der Waals surface area (Å²) in [6.45, 7) is 4.99. The first-order valence-electron chi connectivity index (χ1n) is 6.59. The Bertz CT molecular complexity index is 402. The highest BCUT2D eigenvalue weighted by Gasteiger charge is 2.15. The monoisotopic (exact) mass is 249 g/mol. The van der Waals surface area contributed by atoms with Gasteiger partial charge in [-0.25, -0.2) is 0 Å². The van der Waals surface area contributed by atoms with E-state index in [2.05, 4.69) is 17.4 Å². The molecule has 1 N–H and O–H groups in total. The van der Waals surface area contributed by atoms with Crippen LogP contribution in [0.1, 0.15) is 12.0 Å². The van der Waals surface area contributed by atoms with E-state index in [-0.39, 0.29) is 0 Å². The van der Waals surface area contributed by atoms with Crippen molar-refractivity contribution in [2.75, 3.05) is 33.0 Å². The summed E-state index contributed by atoms with van der Waals surface area (Å²) in [6.07, 6.45) is 1.17. The Kier molecular flexibility index (Phi) is 3.67. The molecule has 1 saturated heterocycles. The van der Waals surface area contributed by atoms with Gasteiger partial charge in [0.05, 0.1) is 6.61 Å².